The third kappa shape index (κ3) is 15.3. The first-order valence-electron chi connectivity index (χ1n) is 10.3. The Morgan fingerprint density at radius 1 is 0.967 bits per heavy atom. The van der Waals surface area contributed by atoms with E-state index in [0.717, 1.165) is 16.0 Å². The van der Waals surface area contributed by atoms with Crippen molar-refractivity contribution in [3.8, 4) is 16.9 Å². The number of benzene rings is 2. The summed E-state index contributed by atoms with van der Waals surface area (Å²) in [6.07, 6.45) is 1.25. The van der Waals surface area contributed by atoms with E-state index in [4.69, 9.17) is 4.74 Å². The molecule has 1 unspecified atom stereocenters. The first-order valence-corrected chi connectivity index (χ1v) is 12.3. The standard InChI is InChI=1S/C18H21NO3S.C3H8.C2H6.CH5P/c1-18(2,3)22-17(21)12-19-23-16-10-6-14(7-11-16)13-4-8-15(20)9-5-13;1-3-2;2*1-2/h4-11,19-20H,12H2,1-3H3;3H2,1-2H3;1-2H3;2H2,1H3. The van der Waals surface area contributed by atoms with Gasteiger partial charge in [-0.15, -0.1) is 9.24 Å². The summed E-state index contributed by atoms with van der Waals surface area (Å²) in [4.78, 5) is 12.6. The second kappa shape index (κ2) is 18.2. The normalized spacial score (nSPS) is 9.63. The number of aromatic hydroxyl groups is 1. The van der Waals surface area contributed by atoms with E-state index >= 15 is 0 Å². The molecule has 0 heterocycles. The molecule has 0 radical (unpaired) electrons. The molecule has 0 spiro atoms. The second-order valence-corrected chi connectivity index (χ2v) is 7.75. The Bertz CT molecular complexity index is 668. The van der Waals surface area contributed by atoms with Gasteiger partial charge < -0.3 is 9.84 Å². The summed E-state index contributed by atoms with van der Waals surface area (Å²) in [5.74, 6) is -0.0158. The maximum absolute atomic E-state index is 11.6. The van der Waals surface area contributed by atoms with Gasteiger partial charge in [0.2, 0.25) is 0 Å². The fourth-order valence-corrected chi connectivity index (χ4v) is 2.55. The Morgan fingerprint density at radius 2 is 1.37 bits per heavy atom. The summed E-state index contributed by atoms with van der Waals surface area (Å²) >= 11 is 1.39. The van der Waals surface area contributed by atoms with E-state index in [1.807, 2.05) is 77.7 Å². The van der Waals surface area contributed by atoms with Crippen LogP contribution in [0, 0.1) is 0 Å². The number of carbonyl (C=O) groups excluding carboxylic acids is 1. The second-order valence-electron chi connectivity index (χ2n) is 6.79. The van der Waals surface area contributed by atoms with Crippen molar-refractivity contribution in [3.05, 3.63) is 48.5 Å². The average Bonchev–Trinajstić information content (AvgIpc) is 2.71. The fraction of sp³-hybridized carbons (Fsp3) is 0.458. The van der Waals surface area contributed by atoms with Gasteiger partial charge in [-0.05, 0) is 68.1 Å². The van der Waals surface area contributed by atoms with Crippen LogP contribution in [0.4, 0.5) is 0 Å². The van der Waals surface area contributed by atoms with Crippen molar-refractivity contribution in [1.29, 1.82) is 0 Å². The lowest BCUT2D eigenvalue weighted by atomic mass is 10.1. The van der Waals surface area contributed by atoms with Crippen LogP contribution in [-0.4, -0.2) is 29.9 Å². The topological polar surface area (TPSA) is 58.6 Å². The summed E-state index contributed by atoms with van der Waals surface area (Å²) in [7, 11) is 2.42. The van der Waals surface area contributed by atoms with E-state index in [9.17, 15) is 9.90 Å². The first kappa shape index (κ1) is 30.6. The molecule has 0 bridgehead atoms. The minimum absolute atomic E-state index is 0.154. The number of rotatable bonds is 5. The molecule has 0 saturated carbocycles. The lowest BCUT2D eigenvalue weighted by Gasteiger charge is -2.19. The van der Waals surface area contributed by atoms with Crippen LogP contribution in [0.15, 0.2) is 53.4 Å². The number of phenolic OH excluding ortho intramolecular Hbond substituents is 1. The van der Waals surface area contributed by atoms with Gasteiger partial charge in [0.25, 0.3) is 0 Å². The number of hydrogen-bond acceptors (Lipinski definition) is 5. The van der Waals surface area contributed by atoms with Crippen LogP contribution in [-0.2, 0) is 9.53 Å². The molecule has 6 heteroatoms. The van der Waals surface area contributed by atoms with Crippen molar-refractivity contribution in [2.45, 2.75) is 65.4 Å². The molecule has 30 heavy (non-hydrogen) atoms. The number of carbonyl (C=O) groups is 1. The Kier molecular flexibility index (Phi) is 18.6. The van der Waals surface area contributed by atoms with Gasteiger partial charge in [-0.1, -0.05) is 65.0 Å². The van der Waals surface area contributed by atoms with Crippen LogP contribution in [0.1, 0.15) is 54.9 Å². The van der Waals surface area contributed by atoms with E-state index in [-0.39, 0.29) is 18.3 Å². The van der Waals surface area contributed by atoms with Gasteiger partial charge in [-0.3, -0.25) is 4.79 Å². The number of nitrogens with one attached hydrogen (secondary N) is 1. The molecule has 4 nitrogen and oxygen atoms in total. The highest BCUT2D eigenvalue weighted by Gasteiger charge is 2.15. The molecule has 1 atom stereocenters. The van der Waals surface area contributed by atoms with Crippen molar-refractivity contribution >= 4 is 27.2 Å². The predicted octanol–water partition coefficient (Wildman–Crippen LogP) is 6.93. The van der Waals surface area contributed by atoms with Crippen LogP contribution >= 0.6 is 21.2 Å². The zero-order valence-electron chi connectivity index (χ0n) is 19.8. The molecular formula is C24H40NO3PS. The van der Waals surface area contributed by atoms with Crippen molar-refractivity contribution in [1.82, 2.24) is 4.72 Å². The Labute approximate surface area is 190 Å². The number of ether oxygens (including phenoxy) is 1. The van der Waals surface area contributed by atoms with Crippen LogP contribution < -0.4 is 4.72 Å². The molecular weight excluding hydrogens is 413 g/mol. The molecule has 0 aliphatic rings. The molecule has 2 aromatic rings. The van der Waals surface area contributed by atoms with Gasteiger partial charge in [0.15, 0.2) is 0 Å². The summed E-state index contributed by atoms with van der Waals surface area (Å²) in [5.41, 5.74) is 1.65. The molecule has 0 aliphatic heterocycles. The highest BCUT2D eigenvalue weighted by molar-refractivity contribution is 7.97. The highest BCUT2D eigenvalue weighted by atomic mass is 32.2. The van der Waals surface area contributed by atoms with Crippen LogP contribution in [0.2, 0.25) is 0 Å². The van der Waals surface area contributed by atoms with E-state index < -0.39 is 5.60 Å². The van der Waals surface area contributed by atoms with Crippen LogP contribution in [0.25, 0.3) is 11.1 Å². The maximum Gasteiger partial charge on any atom is 0.321 e. The summed E-state index contributed by atoms with van der Waals surface area (Å²) in [6.45, 7) is 15.9. The first-order chi connectivity index (χ1) is 14.2. The quantitative estimate of drug-likeness (QED) is 0.292. The number of esters is 1. The lowest BCUT2D eigenvalue weighted by molar-refractivity contribution is -0.153. The Hall–Kier alpha value is -1.55. The van der Waals surface area contributed by atoms with Gasteiger partial charge in [0.05, 0.1) is 0 Å². The molecule has 0 aliphatic carbocycles. The van der Waals surface area contributed by atoms with Crippen LogP contribution in [0.5, 0.6) is 5.75 Å². The van der Waals surface area contributed by atoms with Gasteiger partial charge in [-0.25, -0.2) is 4.72 Å². The van der Waals surface area contributed by atoms with Gasteiger partial charge in [0.1, 0.15) is 17.9 Å². The van der Waals surface area contributed by atoms with Gasteiger partial charge in [0, 0.05) is 4.90 Å². The molecule has 170 valence electrons. The van der Waals surface area contributed by atoms with E-state index in [1.54, 1.807) is 12.1 Å². The highest BCUT2D eigenvalue weighted by Crippen LogP contribution is 2.24. The SMILES string of the molecule is CC.CC(C)(C)OC(=O)CNSc1ccc(-c2ccc(O)cc2)cc1.CCC.CP. The molecule has 2 N–H and O–H groups in total. The number of phenols is 1. The zero-order valence-corrected chi connectivity index (χ0v) is 21.8. The average molecular weight is 454 g/mol. The molecule has 2 aromatic carbocycles. The maximum atomic E-state index is 11.6. The van der Waals surface area contributed by atoms with E-state index in [1.165, 1.54) is 18.4 Å². The minimum atomic E-state index is -0.463. The van der Waals surface area contributed by atoms with E-state index in [2.05, 4.69) is 27.8 Å². The monoisotopic (exact) mass is 453 g/mol. The van der Waals surface area contributed by atoms with Crippen molar-refractivity contribution < 1.29 is 14.6 Å². The minimum Gasteiger partial charge on any atom is -0.508 e. The molecule has 2 rings (SSSR count). The van der Waals surface area contributed by atoms with Gasteiger partial charge >= 0.3 is 5.97 Å². The molecule has 0 aromatic heterocycles. The fourth-order valence-electron chi connectivity index (χ4n) is 1.93. The summed E-state index contributed by atoms with van der Waals surface area (Å²) in [6, 6.07) is 15.1. The van der Waals surface area contributed by atoms with Crippen LogP contribution in [0.3, 0.4) is 0 Å². The predicted molar refractivity (Wildman–Crippen MR) is 136 cm³/mol. The van der Waals surface area contributed by atoms with E-state index in [0.29, 0.717) is 0 Å². The zero-order chi connectivity index (χ0) is 23.6. The lowest BCUT2D eigenvalue weighted by Crippen LogP contribution is -2.29. The van der Waals surface area contributed by atoms with Crippen molar-refractivity contribution in [3.63, 3.8) is 0 Å². The Morgan fingerprint density at radius 3 is 1.77 bits per heavy atom. The summed E-state index contributed by atoms with van der Waals surface area (Å²) in [5, 5.41) is 9.31. The Balaban J connectivity index is 0. The summed E-state index contributed by atoms with van der Waals surface area (Å²) < 4.78 is 8.23. The molecule has 0 fully saturated rings. The van der Waals surface area contributed by atoms with Crippen molar-refractivity contribution in [2.24, 2.45) is 0 Å². The molecule has 0 saturated heterocycles. The third-order valence-corrected chi connectivity index (χ3v) is 3.68. The third-order valence-electron chi connectivity index (χ3n) is 2.88. The van der Waals surface area contributed by atoms with Gasteiger partial charge in [-0.2, -0.15) is 0 Å². The molecule has 0 amide bonds. The number of hydrogen-bond donors (Lipinski definition) is 2. The van der Waals surface area contributed by atoms with Crippen molar-refractivity contribution in [2.75, 3.05) is 13.2 Å². The smallest absolute Gasteiger partial charge is 0.321 e. The largest absolute Gasteiger partial charge is 0.508 e.